The smallest absolute Gasteiger partial charge is 0.310 e. The third-order valence-electron chi connectivity index (χ3n) is 8.25. The second-order valence-corrected chi connectivity index (χ2v) is 10.6. The number of ether oxygens (including phenoxy) is 1. The molecule has 1 heterocycles. The summed E-state index contributed by atoms with van der Waals surface area (Å²) in [6.45, 7) is 3.71. The molecule has 3 aliphatic rings. The Balaban J connectivity index is 1.23. The molecule has 0 aromatic heterocycles. The Kier molecular flexibility index (Phi) is 6.19. The maximum Gasteiger partial charge on any atom is 0.310 e. The van der Waals surface area contributed by atoms with Crippen LogP contribution in [0.4, 0.5) is 0 Å². The van der Waals surface area contributed by atoms with E-state index in [2.05, 4.69) is 64.8 Å². The van der Waals surface area contributed by atoms with Crippen molar-refractivity contribution >= 4 is 5.97 Å². The van der Waals surface area contributed by atoms with E-state index >= 15 is 0 Å². The highest BCUT2D eigenvalue weighted by molar-refractivity contribution is 5.78. The van der Waals surface area contributed by atoms with Gasteiger partial charge in [-0.2, -0.15) is 0 Å². The highest BCUT2D eigenvalue weighted by Crippen LogP contribution is 2.48. The molecule has 33 heavy (non-hydrogen) atoms. The summed E-state index contributed by atoms with van der Waals surface area (Å²) in [6.07, 6.45) is 6.13. The van der Waals surface area contributed by atoms with Crippen LogP contribution in [0.25, 0.3) is 0 Å². The molecule has 2 atom stereocenters. The van der Waals surface area contributed by atoms with Gasteiger partial charge in [-0.1, -0.05) is 42.5 Å². The molecule has 2 aliphatic carbocycles. The number of carboxylic acids is 1. The number of likely N-dealkylation sites (tertiary alicyclic amines) is 1. The Bertz CT molecular complexity index is 947. The Hall–Kier alpha value is -2.37. The van der Waals surface area contributed by atoms with Gasteiger partial charge in [0.05, 0.1) is 12.5 Å². The van der Waals surface area contributed by atoms with Crippen LogP contribution in [0.3, 0.4) is 0 Å². The van der Waals surface area contributed by atoms with Gasteiger partial charge >= 0.3 is 5.97 Å². The lowest BCUT2D eigenvalue weighted by Crippen LogP contribution is -2.48. The van der Waals surface area contributed by atoms with Crippen molar-refractivity contribution in [2.45, 2.75) is 50.5 Å². The van der Waals surface area contributed by atoms with Gasteiger partial charge in [0.15, 0.2) is 0 Å². The van der Waals surface area contributed by atoms with Crippen molar-refractivity contribution < 1.29 is 14.6 Å². The lowest BCUT2D eigenvalue weighted by atomic mass is 9.73. The molecular weight excluding hydrogens is 412 g/mol. The van der Waals surface area contributed by atoms with Crippen molar-refractivity contribution in [3.63, 3.8) is 0 Å². The topological polar surface area (TPSA) is 61.8 Å². The minimum absolute atomic E-state index is 0.203. The van der Waals surface area contributed by atoms with Gasteiger partial charge in [0.2, 0.25) is 0 Å². The number of methoxy groups -OCH3 is 1. The SMILES string of the molecule is COc1ccc(CC2(CN[C@@H]3CC3c3ccccc3)CCN(CC3(C(=O)O)CC3)CC2)cc1. The van der Waals surface area contributed by atoms with Crippen LogP contribution in [-0.4, -0.2) is 55.3 Å². The van der Waals surface area contributed by atoms with Crippen LogP contribution in [0.2, 0.25) is 0 Å². The summed E-state index contributed by atoms with van der Waals surface area (Å²) in [6, 6.07) is 19.9. The molecule has 0 radical (unpaired) electrons. The average Bonchev–Trinajstić information content (AvgIpc) is 3.77. The van der Waals surface area contributed by atoms with Crippen LogP contribution < -0.4 is 10.1 Å². The number of aliphatic carboxylic acids is 1. The normalized spacial score (nSPS) is 25.4. The summed E-state index contributed by atoms with van der Waals surface area (Å²) in [5, 5.41) is 13.5. The molecule has 1 saturated heterocycles. The first-order valence-corrected chi connectivity index (χ1v) is 12.4. The molecule has 5 rings (SSSR count). The fraction of sp³-hybridized carbons (Fsp3) is 0.536. The fourth-order valence-corrected chi connectivity index (χ4v) is 5.63. The summed E-state index contributed by atoms with van der Waals surface area (Å²) in [5.41, 5.74) is 2.53. The van der Waals surface area contributed by atoms with E-state index in [0.717, 1.165) is 57.5 Å². The molecule has 2 N–H and O–H groups in total. The molecule has 2 aromatic carbocycles. The van der Waals surface area contributed by atoms with E-state index in [1.165, 1.54) is 17.5 Å². The van der Waals surface area contributed by atoms with Crippen molar-refractivity contribution in [2.24, 2.45) is 10.8 Å². The zero-order valence-corrected chi connectivity index (χ0v) is 19.6. The highest BCUT2D eigenvalue weighted by Gasteiger charge is 2.52. The predicted octanol–water partition coefficient (Wildman–Crippen LogP) is 4.33. The van der Waals surface area contributed by atoms with E-state index < -0.39 is 11.4 Å². The minimum Gasteiger partial charge on any atom is -0.497 e. The van der Waals surface area contributed by atoms with Gasteiger partial charge < -0.3 is 20.1 Å². The monoisotopic (exact) mass is 448 g/mol. The van der Waals surface area contributed by atoms with Gasteiger partial charge in [-0.25, -0.2) is 0 Å². The Morgan fingerprint density at radius 3 is 2.36 bits per heavy atom. The summed E-state index contributed by atoms with van der Waals surface area (Å²) >= 11 is 0. The zero-order chi connectivity index (χ0) is 22.9. The fourth-order valence-electron chi connectivity index (χ4n) is 5.63. The molecule has 5 nitrogen and oxygen atoms in total. The van der Waals surface area contributed by atoms with Crippen LogP contribution in [0.15, 0.2) is 54.6 Å². The molecule has 2 aromatic rings. The summed E-state index contributed by atoms with van der Waals surface area (Å²) in [5.74, 6) is 0.919. The second-order valence-electron chi connectivity index (χ2n) is 10.6. The quantitative estimate of drug-likeness (QED) is 0.567. The average molecular weight is 449 g/mol. The molecule has 176 valence electrons. The number of hydrogen-bond donors (Lipinski definition) is 2. The standard InChI is InChI=1S/C28H36N2O3/c1-33-23-9-7-21(8-10-23)18-27(19-29-25-17-24(25)22-5-3-2-4-6-22)13-15-30(16-14-27)20-28(11-12-28)26(31)32/h2-10,24-25,29H,11-20H2,1H3,(H,31,32)/t24?,25-/m1/s1. The van der Waals surface area contributed by atoms with E-state index in [-0.39, 0.29) is 5.41 Å². The lowest BCUT2D eigenvalue weighted by Gasteiger charge is -2.43. The van der Waals surface area contributed by atoms with E-state index in [4.69, 9.17) is 4.74 Å². The minimum atomic E-state index is -0.611. The van der Waals surface area contributed by atoms with E-state index in [9.17, 15) is 9.90 Å². The van der Waals surface area contributed by atoms with E-state index in [1.807, 2.05) is 0 Å². The van der Waals surface area contributed by atoms with Gasteiger partial charge in [0.1, 0.15) is 5.75 Å². The zero-order valence-electron chi connectivity index (χ0n) is 19.6. The number of nitrogens with zero attached hydrogens (tertiary/aromatic N) is 1. The molecule has 3 fully saturated rings. The van der Waals surface area contributed by atoms with Crippen molar-refractivity contribution in [3.8, 4) is 5.75 Å². The molecule has 0 spiro atoms. The maximum atomic E-state index is 11.7. The van der Waals surface area contributed by atoms with E-state index in [0.29, 0.717) is 18.5 Å². The third kappa shape index (κ3) is 5.10. The summed E-state index contributed by atoms with van der Waals surface area (Å²) in [7, 11) is 1.71. The van der Waals surface area contributed by atoms with Crippen LogP contribution in [0, 0.1) is 10.8 Å². The number of carbonyl (C=O) groups is 1. The number of piperidine rings is 1. The first kappa shape index (κ1) is 22.4. The van der Waals surface area contributed by atoms with Crippen LogP contribution in [0.5, 0.6) is 5.75 Å². The van der Waals surface area contributed by atoms with Gasteiger partial charge in [-0.3, -0.25) is 4.79 Å². The molecular formula is C28H36N2O3. The first-order chi connectivity index (χ1) is 16.0. The van der Waals surface area contributed by atoms with Crippen LogP contribution in [0.1, 0.15) is 49.1 Å². The number of nitrogens with one attached hydrogen (secondary N) is 1. The first-order valence-electron chi connectivity index (χ1n) is 12.4. The van der Waals surface area contributed by atoms with Crippen LogP contribution in [-0.2, 0) is 11.2 Å². The van der Waals surface area contributed by atoms with Gasteiger partial charge in [0.25, 0.3) is 0 Å². The molecule has 0 bridgehead atoms. The highest BCUT2D eigenvalue weighted by atomic mass is 16.5. The van der Waals surface area contributed by atoms with Crippen molar-refractivity contribution in [1.29, 1.82) is 0 Å². The largest absolute Gasteiger partial charge is 0.497 e. The second kappa shape index (κ2) is 9.11. The maximum absolute atomic E-state index is 11.7. The van der Waals surface area contributed by atoms with Gasteiger partial charge in [-0.05, 0) is 80.3 Å². The molecule has 0 amide bonds. The Morgan fingerprint density at radius 2 is 1.76 bits per heavy atom. The van der Waals surface area contributed by atoms with Crippen LogP contribution >= 0.6 is 0 Å². The predicted molar refractivity (Wildman–Crippen MR) is 130 cm³/mol. The summed E-state index contributed by atoms with van der Waals surface area (Å²) in [4.78, 5) is 14.1. The Morgan fingerprint density at radius 1 is 1.06 bits per heavy atom. The van der Waals surface area contributed by atoms with Gasteiger partial charge in [0, 0.05) is 25.0 Å². The third-order valence-corrected chi connectivity index (χ3v) is 8.25. The number of rotatable bonds is 10. The van der Waals surface area contributed by atoms with Crippen molar-refractivity contribution in [2.75, 3.05) is 33.3 Å². The van der Waals surface area contributed by atoms with Crippen molar-refractivity contribution in [1.82, 2.24) is 10.2 Å². The van der Waals surface area contributed by atoms with Gasteiger partial charge in [-0.15, -0.1) is 0 Å². The Labute approximate surface area is 197 Å². The molecule has 1 unspecified atom stereocenters. The number of benzene rings is 2. The van der Waals surface area contributed by atoms with E-state index in [1.54, 1.807) is 7.11 Å². The number of carboxylic acid groups (broad SMARTS) is 1. The summed E-state index contributed by atoms with van der Waals surface area (Å²) < 4.78 is 5.34. The van der Waals surface area contributed by atoms with Crippen molar-refractivity contribution in [3.05, 3.63) is 65.7 Å². The molecule has 2 saturated carbocycles. The molecule has 1 aliphatic heterocycles. The number of hydrogen-bond acceptors (Lipinski definition) is 4. The molecule has 5 heteroatoms. The lowest BCUT2D eigenvalue weighted by molar-refractivity contribution is -0.144.